The summed E-state index contributed by atoms with van der Waals surface area (Å²) in [6, 6.07) is 3.45. The molecule has 0 unspecified atom stereocenters. The number of aromatic nitrogens is 4. The molecule has 0 atom stereocenters. The zero-order chi connectivity index (χ0) is 14.3. The summed E-state index contributed by atoms with van der Waals surface area (Å²) in [5.74, 6) is 1.57. The average molecular weight is 312 g/mol. The Kier molecular flexibility index (Phi) is 3.27. The van der Waals surface area contributed by atoms with Gasteiger partial charge in [0.1, 0.15) is 0 Å². The summed E-state index contributed by atoms with van der Waals surface area (Å²) in [7, 11) is 0. The van der Waals surface area contributed by atoms with Gasteiger partial charge in [0.15, 0.2) is 5.82 Å². The van der Waals surface area contributed by atoms with Crippen LogP contribution in [0.4, 0.5) is 5.95 Å². The highest BCUT2D eigenvalue weighted by atomic mass is 35.5. The van der Waals surface area contributed by atoms with Crippen LogP contribution in [0, 0.1) is 6.92 Å². The van der Waals surface area contributed by atoms with Crippen LogP contribution in [0.15, 0.2) is 16.7 Å². The molecule has 2 N–H and O–H groups in total. The maximum Gasteiger partial charge on any atom is 0.223 e. The summed E-state index contributed by atoms with van der Waals surface area (Å²) in [6.07, 6.45) is 0.591. The van der Waals surface area contributed by atoms with Gasteiger partial charge in [-0.25, -0.2) is 4.98 Å². The van der Waals surface area contributed by atoms with Crippen molar-refractivity contribution in [3.8, 4) is 0 Å². The van der Waals surface area contributed by atoms with Gasteiger partial charge in [0, 0.05) is 19.9 Å². The van der Waals surface area contributed by atoms with E-state index in [0.717, 1.165) is 5.52 Å². The lowest BCUT2D eigenvalue weighted by Gasteiger charge is -2.04. The third-order valence-electron chi connectivity index (χ3n) is 2.95. The first-order chi connectivity index (χ1) is 9.54. The number of nitrogens with zero attached hydrogens (tertiary/aromatic N) is 4. The van der Waals surface area contributed by atoms with E-state index >= 15 is 0 Å². The molecule has 0 fully saturated rings. The van der Waals surface area contributed by atoms with E-state index in [1.165, 1.54) is 0 Å². The fraction of sp³-hybridized carbons (Fsp3) is 0.250. The Morgan fingerprint density at radius 1 is 1.25 bits per heavy atom. The third-order valence-corrected chi connectivity index (χ3v) is 3.67. The summed E-state index contributed by atoms with van der Waals surface area (Å²) in [4.78, 5) is 8.42. The minimum Gasteiger partial charge on any atom is -0.369 e. The van der Waals surface area contributed by atoms with Gasteiger partial charge in [-0.05, 0) is 12.1 Å². The van der Waals surface area contributed by atoms with Crippen LogP contribution in [0.25, 0.3) is 11.0 Å². The quantitative estimate of drug-likeness (QED) is 0.804. The fourth-order valence-corrected chi connectivity index (χ4v) is 2.34. The Bertz CT molecular complexity index is 780. The SMILES string of the molecule is Cc1nc(CCn2c(N)nc3cc(Cl)c(Cl)cc32)no1. The first-order valence-corrected chi connectivity index (χ1v) is 6.70. The van der Waals surface area contributed by atoms with Gasteiger partial charge in [-0.15, -0.1) is 0 Å². The van der Waals surface area contributed by atoms with Gasteiger partial charge in [-0.2, -0.15) is 4.98 Å². The molecule has 0 radical (unpaired) electrons. The van der Waals surface area contributed by atoms with Crippen molar-refractivity contribution in [1.82, 2.24) is 19.7 Å². The van der Waals surface area contributed by atoms with E-state index in [1.807, 2.05) is 4.57 Å². The molecule has 2 heterocycles. The first-order valence-electron chi connectivity index (χ1n) is 5.94. The predicted octanol–water partition coefficient (Wildman–Crippen LogP) is 2.86. The van der Waals surface area contributed by atoms with E-state index in [2.05, 4.69) is 15.1 Å². The van der Waals surface area contributed by atoms with Gasteiger partial charge in [-0.3, -0.25) is 0 Å². The van der Waals surface area contributed by atoms with E-state index in [1.54, 1.807) is 19.1 Å². The molecule has 0 spiro atoms. The smallest absolute Gasteiger partial charge is 0.223 e. The number of rotatable bonds is 3. The van der Waals surface area contributed by atoms with Gasteiger partial charge in [-0.1, -0.05) is 28.4 Å². The van der Waals surface area contributed by atoms with E-state index < -0.39 is 0 Å². The highest BCUT2D eigenvalue weighted by molar-refractivity contribution is 6.42. The lowest BCUT2D eigenvalue weighted by Crippen LogP contribution is -2.06. The summed E-state index contributed by atoms with van der Waals surface area (Å²) in [6.45, 7) is 2.33. The van der Waals surface area contributed by atoms with Crippen LogP contribution >= 0.6 is 23.2 Å². The van der Waals surface area contributed by atoms with Crippen LogP contribution in [-0.2, 0) is 13.0 Å². The van der Waals surface area contributed by atoms with Crippen molar-refractivity contribution in [3.63, 3.8) is 0 Å². The Hall–Kier alpha value is -1.79. The molecule has 0 amide bonds. The molecule has 0 saturated heterocycles. The van der Waals surface area contributed by atoms with Crippen molar-refractivity contribution in [2.24, 2.45) is 0 Å². The largest absolute Gasteiger partial charge is 0.369 e. The van der Waals surface area contributed by atoms with Crippen LogP contribution in [0.2, 0.25) is 10.0 Å². The van der Waals surface area contributed by atoms with Gasteiger partial charge in [0.25, 0.3) is 0 Å². The standard InChI is InChI=1S/C12H11Cl2N5O/c1-6-16-11(18-20-6)2-3-19-10-5-8(14)7(13)4-9(10)17-12(19)15/h4-5H,2-3H2,1H3,(H2,15,17). The zero-order valence-electron chi connectivity index (χ0n) is 10.6. The molecular weight excluding hydrogens is 301 g/mol. The highest BCUT2D eigenvalue weighted by Gasteiger charge is 2.12. The topological polar surface area (TPSA) is 82.8 Å². The lowest BCUT2D eigenvalue weighted by atomic mass is 10.3. The molecule has 3 aromatic rings. The van der Waals surface area contributed by atoms with E-state index in [9.17, 15) is 0 Å². The van der Waals surface area contributed by atoms with Crippen LogP contribution in [0.3, 0.4) is 0 Å². The van der Waals surface area contributed by atoms with Crippen molar-refractivity contribution >= 4 is 40.2 Å². The fourth-order valence-electron chi connectivity index (χ4n) is 2.03. The van der Waals surface area contributed by atoms with Crippen molar-refractivity contribution in [3.05, 3.63) is 33.9 Å². The summed E-state index contributed by atoms with van der Waals surface area (Å²) in [5.41, 5.74) is 7.46. The normalized spacial score (nSPS) is 11.3. The Labute approximate surface area is 124 Å². The van der Waals surface area contributed by atoms with E-state index in [4.69, 9.17) is 33.5 Å². The van der Waals surface area contributed by atoms with E-state index in [0.29, 0.717) is 46.2 Å². The summed E-state index contributed by atoms with van der Waals surface area (Å²) < 4.78 is 6.78. The molecule has 8 heteroatoms. The second kappa shape index (κ2) is 4.96. The van der Waals surface area contributed by atoms with Gasteiger partial charge in [0.2, 0.25) is 11.8 Å². The number of nitrogens with two attached hydrogens (primary N) is 1. The monoisotopic (exact) mass is 311 g/mol. The molecule has 0 aliphatic rings. The molecule has 2 aromatic heterocycles. The number of benzene rings is 1. The molecule has 20 heavy (non-hydrogen) atoms. The molecule has 0 aliphatic carbocycles. The first kappa shape index (κ1) is 13.2. The molecule has 0 aliphatic heterocycles. The van der Waals surface area contributed by atoms with Crippen molar-refractivity contribution in [2.45, 2.75) is 19.9 Å². The van der Waals surface area contributed by atoms with Gasteiger partial charge < -0.3 is 14.8 Å². The van der Waals surface area contributed by atoms with Crippen molar-refractivity contribution < 1.29 is 4.52 Å². The zero-order valence-corrected chi connectivity index (χ0v) is 12.1. The van der Waals surface area contributed by atoms with Crippen LogP contribution < -0.4 is 5.73 Å². The predicted molar refractivity (Wildman–Crippen MR) is 76.9 cm³/mol. The van der Waals surface area contributed by atoms with E-state index in [-0.39, 0.29) is 0 Å². The third kappa shape index (κ3) is 2.32. The van der Waals surface area contributed by atoms with Crippen LogP contribution in [-0.4, -0.2) is 19.7 Å². The number of anilines is 1. The number of aryl methyl sites for hydroxylation is 3. The van der Waals surface area contributed by atoms with Crippen molar-refractivity contribution in [2.75, 3.05) is 5.73 Å². The maximum atomic E-state index is 6.04. The number of hydrogen-bond acceptors (Lipinski definition) is 5. The molecule has 0 bridgehead atoms. The second-order valence-electron chi connectivity index (χ2n) is 4.36. The molecule has 1 aromatic carbocycles. The van der Waals surface area contributed by atoms with Crippen LogP contribution in [0.5, 0.6) is 0 Å². The molecule has 6 nitrogen and oxygen atoms in total. The maximum absolute atomic E-state index is 6.04. The highest BCUT2D eigenvalue weighted by Crippen LogP contribution is 2.29. The van der Waals surface area contributed by atoms with Crippen LogP contribution in [0.1, 0.15) is 11.7 Å². The minimum absolute atomic E-state index is 0.401. The Balaban J connectivity index is 1.94. The Morgan fingerprint density at radius 3 is 2.70 bits per heavy atom. The molecular formula is C12H11Cl2N5O. The molecule has 0 saturated carbocycles. The number of nitrogen functional groups attached to an aromatic ring is 1. The second-order valence-corrected chi connectivity index (χ2v) is 5.17. The average Bonchev–Trinajstić information content (AvgIpc) is 2.92. The molecule has 104 valence electrons. The number of fused-ring (bicyclic) bond motifs is 1. The van der Waals surface area contributed by atoms with Gasteiger partial charge in [0.05, 0.1) is 21.1 Å². The lowest BCUT2D eigenvalue weighted by molar-refractivity contribution is 0.386. The minimum atomic E-state index is 0.401. The van der Waals surface area contributed by atoms with Gasteiger partial charge >= 0.3 is 0 Å². The number of imidazole rings is 1. The summed E-state index contributed by atoms with van der Waals surface area (Å²) >= 11 is 12.0. The molecule has 3 rings (SSSR count). The van der Waals surface area contributed by atoms with Crippen molar-refractivity contribution in [1.29, 1.82) is 0 Å². The Morgan fingerprint density at radius 2 is 2.00 bits per heavy atom. The number of halogens is 2. The number of hydrogen-bond donors (Lipinski definition) is 1. The summed E-state index contributed by atoms with van der Waals surface area (Å²) in [5, 5.41) is 4.77.